The molecule has 2 atom stereocenters. The molecule has 1 aromatic rings. The van der Waals surface area contributed by atoms with Crippen molar-refractivity contribution in [3.8, 4) is 0 Å². The molecule has 0 amide bonds. The number of benzene rings is 1. The maximum Gasteiger partial charge on any atom is 0.191 e. The predicted octanol–water partition coefficient (Wildman–Crippen LogP) is 4.22. The van der Waals surface area contributed by atoms with Crippen LogP contribution in [0.2, 0.25) is 0 Å². The van der Waals surface area contributed by atoms with Gasteiger partial charge in [-0.3, -0.25) is 4.99 Å². The number of hydrogen-bond donors (Lipinski definition) is 2. The lowest BCUT2D eigenvalue weighted by Gasteiger charge is -2.33. The molecule has 166 valence electrons. The Hall–Kier alpha value is -0.860. The van der Waals surface area contributed by atoms with E-state index in [1.165, 1.54) is 17.5 Å². The Morgan fingerprint density at radius 2 is 1.90 bits per heavy atom. The van der Waals surface area contributed by atoms with Gasteiger partial charge in [-0.2, -0.15) is 0 Å². The average molecular weight is 517 g/mol. The van der Waals surface area contributed by atoms with Gasteiger partial charge in [-0.05, 0) is 51.8 Å². The Morgan fingerprint density at radius 1 is 1.21 bits per heavy atom. The van der Waals surface area contributed by atoms with E-state index in [-0.39, 0.29) is 35.5 Å². The molecule has 1 heterocycles. The molecule has 1 aliphatic rings. The summed E-state index contributed by atoms with van der Waals surface area (Å²) in [5.41, 5.74) is 2.71. The summed E-state index contributed by atoms with van der Waals surface area (Å²) in [6, 6.07) is 8.77. The first-order chi connectivity index (χ1) is 13.3. The van der Waals surface area contributed by atoms with Crippen molar-refractivity contribution < 1.29 is 4.74 Å². The Labute approximate surface area is 195 Å². The van der Waals surface area contributed by atoms with Crippen molar-refractivity contribution in [2.24, 2.45) is 16.3 Å². The smallest absolute Gasteiger partial charge is 0.191 e. The summed E-state index contributed by atoms with van der Waals surface area (Å²) in [4.78, 5) is 7.08. The molecule has 0 aliphatic carbocycles. The minimum absolute atomic E-state index is 0. The molecule has 1 aromatic carbocycles. The lowest BCUT2D eigenvalue weighted by molar-refractivity contribution is -0.0265. The van der Waals surface area contributed by atoms with Crippen LogP contribution >= 0.6 is 24.0 Å². The Kier molecular flexibility index (Phi) is 11.5. The van der Waals surface area contributed by atoms with Crippen LogP contribution in [0.25, 0.3) is 0 Å². The second kappa shape index (κ2) is 12.7. The zero-order valence-corrected chi connectivity index (χ0v) is 21.5. The van der Waals surface area contributed by atoms with Crippen LogP contribution < -0.4 is 10.6 Å². The third kappa shape index (κ3) is 9.22. The van der Waals surface area contributed by atoms with E-state index in [1.54, 1.807) is 0 Å². The van der Waals surface area contributed by atoms with Crippen LogP contribution in [0, 0.1) is 18.3 Å². The summed E-state index contributed by atoms with van der Waals surface area (Å²) in [5.74, 6) is 1.36. The van der Waals surface area contributed by atoms with Crippen molar-refractivity contribution in [1.82, 2.24) is 15.5 Å². The summed E-state index contributed by atoms with van der Waals surface area (Å²) in [6.45, 7) is 13.2. The third-order valence-corrected chi connectivity index (χ3v) is 5.14. The molecule has 5 nitrogen and oxygen atoms in total. The van der Waals surface area contributed by atoms with Crippen molar-refractivity contribution in [2.45, 2.75) is 46.6 Å². The fraction of sp³-hybridized carbons (Fsp3) is 0.696. The molecule has 0 saturated carbocycles. The topological polar surface area (TPSA) is 48.9 Å². The molecule has 0 spiro atoms. The standard InChI is InChI=1S/C23H40N4O.HI/c1-7-24-22(26-16-23(3,4)17-27(5)6)25-15-20-9-8-14-28-21(20)19-12-10-18(2)11-13-19;/h10-13,20-21H,7-9,14-17H2,1-6H3,(H2,24,25,26);1H. The van der Waals surface area contributed by atoms with Gasteiger partial charge in [0.2, 0.25) is 0 Å². The molecule has 1 fully saturated rings. The van der Waals surface area contributed by atoms with Crippen LogP contribution in [0.3, 0.4) is 0 Å². The van der Waals surface area contributed by atoms with E-state index in [2.05, 4.69) is 81.6 Å². The molecule has 6 heteroatoms. The number of ether oxygens (including phenoxy) is 1. The van der Waals surface area contributed by atoms with Crippen LogP contribution in [-0.2, 0) is 4.74 Å². The van der Waals surface area contributed by atoms with Crippen LogP contribution in [0.5, 0.6) is 0 Å². The van der Waals surface area contributed by atoms with E-state index >= 15 is 0 Å². The van der Waals surface area contributed by atoms with Gasteiger partial charge in [-0.15, -0.1) is 24.0 Å². The zero-order chi connectivity index (χ0) is 20.6. The monoisotopic (exact) mass is 516 g/mol. The Bertz CT molecular complexity index is 616. The molecular weight excluding hydrogens is 475 g/mol. The fourth-order valence-corrected chi connectivity index (χ4v) is 3.95. The second-order valence-corrected chi connectivity index (χ2v) is 9.08. The summed E-state index contributed by atoms with van der Waals surface area (Å²) >= 11 is 0. The van der Waals surface area contributed by atoms with E-state index in [9.17, 15) is 0 Å². The number of halogens is 1. The number of nitrogens with one attached hydrogen (secondary N) is 2. The first-order valence-electron chi connectivity index (χ1n) is 10.7. The predicted molar refractivity (Wildman–Crippen MR) is 134 cm³/mol. The molecule has 0 bridgehead atoms. The van der Waals surface area contributed by atoms with Gasteiger partial charge in [0, 0.05) is 38.7 Å². The van der Waals surface area contributed by atoms with Gasteiger partial charge in [-0.25, -0.2) is 0 Å². The zero-order valence-electron chi connectivity index (χ0n) is 19.1. The van der Waals surface area contributed by atoms with E-state index in [0.29, 0.717) is 5.92 Å². The van der Waals surface area contributed by atoms with Crippen LogP contribution in [0.1, 0.15) is 50.8 Å². The van der Waals surface area contributed by atoms with E-state index in [1.807, 2.05) is 0 Å². The SMILES string of the molecule is CCNC(=NCC(C)(C)CN(C)C)NCC1CCCOC1c1ccc(C)cc1.I. The lowest BCUT2D eigenvalue weighted by atomic mass is 9.89. The molecule has 29 heavy (non-hydrogen) atoms. The normalized spacial score (nSPS) is 20.3. The maximum atomic E-state index is 6.16. The Balaban J connectivity index is 0.00000420. The molecule has 1 saturated heterocycles. The number of aliphatic imine (C=N–C) groups is 1. The van der Waals surface area contributed by atoms with Crippen molar-refractivity contribution in [2.75, 3.05) is 46.9 Å². The summed E-state index contributed by atoms with van der Waals surface area (Å²) in [7, 11) is 4.23. The average Bonchev–Trinajstić information content (AvgIpc) is 2.64. The quantitative estimate of drug-likeness (QED) is 0.309. The van der Waals surface area contributed by atoms with Crippen molar-refractivity contribution in [3.05, 3.63) is 35.4 Å². The van der Waals surface area contributed by atoms with Gasteiger partial charge in [0.15, 0.2) is 5.96 Å². The molecular formula is C23H41IN4O. The number of hydrogen-bond acceptors (Lipinski definition) is 3. The van der Waals surface area contributed by atoms with Crippen LogP contribution in [0.4, 0.5) is 0 Å². The first-order valence-corrected chi connectivity index (χ1v) is 10.7. The molecule has 2 unspecified atom stereocenters. The van der Waals surface area contributed by atoms with E-state index < -0.39 is 0 Å². The van der Waals surface area contributed by atoms with Gasteiger partial charge in [-0.1, -0.05) is 43.7 Å². The molecule has 0 radical (unpaired) electrons. The van der Waals surface area contributed by atoms with Crippen molar-refractivity contribution in [1.29, 1.82) is 0 Å². The number of aryl methyl sites for hydroxylation is 1. The minimum Gasteiger partial charge on any atom is -0.373 e. The minimum atomic E-state index is 0. The first kappa shape index (κ1) is 26.2. The summed E-state index contributed by atoms with van der Waals surface area (Å²) in [5, 5.41) is 6.97. The van der Waals surface area contributed by atoms with Gasteiger partial charge < -0.3 is 20.3 Å². The fourth-order valence-electron chi connectivity index (χ4n) is 3.95. The largest absolute Gasteiger partial charge is 0.373 e. The highest BCUT2D eigenvalue weighted by Gasteiger charge is 2.27. The number of guanidine groups is 1. The molecule has 2 N–H and O–H groups in total. The van der Waals surface area contributed by atoms with E-state index in [4.69, 9.17) is 9.73 Å². The maximum absolute atomic E-state index is 6.16. The van der Waals surface area contributed by atoms with E-state index in [0.717, 1.165) is 45.2 Å². The number of rotatable bonds is 8. The Morgan fingerprint density at radius 3 is 2.52 bits per heavy atom. The van der Waals surface area contributed by atoms with Gasteiger partial charge in [0.05, 0.1) is 6.10 Å². The highest BCUT2D eigenvalue weighted by atomic mass is 127. The molecule has 2 rings (SSSR count). The van der Waals surface area contributed by atoms with Gasteiger partial charge >= 0.3 is 0 Å². The van der Waals surface area contributed by atoms with Crippen LogP contribution in [0.15, 0.2) is 29.3 Å². The molecule has 0 aromatic heterocycles. The summed E-state index contributed by atoms with van der Waals surface area (Å²) < 4.78 is 6.16. The van der Waals surface area contributed by atoms with Crippen molar-refractivity contribution >= 4 is 29.9 Å². The van der Waals surface area contributed by atoms with Crippen molar-refractivity contribution in [3.63, 3.8) is 0 Å². The second-order valence-electron chi connectivity index (χ2n) is 9.08. The number of nitrogens with zero attached hydrogens (tertiary/aromatic N) is 2. The third-order valence-electron chi connectivity index (χ3n) is 5.14. The van der Waals surface area contributed by atoms with Gasteiger partial charge in [0.1, 0.15) is 0 Å². The highest BCUT2D eigenvalue weighted by molar-refractivity contribution is 14.0. The van der Waals surface area contributed by atoms with Crippen LogP contribution in [-0.4, -0.2) is 57.7 Å². The summed E-state index contributed by atoms with van der Waals surface area (Å²) in [6.07, 6.45) is 2.46. The van der Waals surface area contributed by atoms with Gasteiger partial charge in [0.25, 0.3) is 0 Å². The lowest BCUT2D eigenvalue weighted by Crippen LogP contribution is -2.43. The highest BCUT2D eigenvalue weighted by Crippen LogP contribution is 2.33. The molecule has 1 aliphatic heterocycles.